The summed E-state index contributed by atoms with van der Waals surface area (Å²) >= 11 is 0. The van der Waals surface area contributed by atoms with Crippen LogP contribution in [0.3, 0.4) is 0 Å². The van der Waals surface area contributed by atoms with E-state index in [1.807, 2.05) is 0 Å². The van der Waals surface area contributed by atoms with Gasteiger partial charge in [-0.15, -0.1) is 0 Å². The summed E-state index contributed by atoms with van der Waals surface area (Å²) in [4.78, 5) is 17.6. The molecule has 2 heterocycles. The Hall–Kier alpha value is -5.28. The lowest BCUT2D eigenvalue weighted by atomic mass is 9.79. The smallest absolute Gasteiger partial charge is 0.383 e. The van der Waals surface area contributed by atoms with Gasteiger partial charge in [0, 0.05) is 17.6 Å². The van der Waals surface area contributed by atoms with E-state index >= 15 is 4.39 Å². The molecule has 1 amide bonds. The largest absolute Gasteiger partial charge is 0.435 e. The first-order chi connectivity index (χ1) is 21.5. The Morgan fingerprint density at radius 2 is 1.82 bits per heavy atom. The molecule has 5 aromatic rings. The van der Waals surface area contributed by atoms with Gasteiger partial charge in [0.15, 0.2) is 5.69 Å². The van der Waals surface area contributed by atoms with Crippen molar-refractivity contribution in [2.24, 2.45) is 11.7 Å². The summed E-state index contributed by atoms with van der Waals surface area (Å²) in [6.07, 6.45) is 0.114. The third-order valence-electron chi connectivity index (χ3n) is 8.14. The second-order valence-corrected chi connectivity index (χ2v) is 11.2. The highest BCUT2D eigenvalue weighted by Crippen LogP contribution is 2.41. The standard InChI is InChI=1S/C33H27F4N7O/c34-26-9-7-23(32(40,12-10-19-4-5-19)22-3-1-2-20(14-22)18-38)15-27(26)42-31(45)28-17-29(33(35,36)37)43-44(28)24-8-6-21-11-13-41-30(39)25(21)16-24/h1-3,6-9,11,13-17,19H,4-5,10,12,40H2,(H2,39,41)(H,42,45). The average molecular weight is 614 g/mol. The first kappa shape index (κ1) is 29.8. The van der Waals surface area contributed by atoms with Crippen LogP contribution < -0.4 is 16.8 Å². The monoisotopic (exact) mass is 613 g/mol. The van der Waals surface area contributed by atoms with Crippen LogP contribution >= 0.6 is 0 Å². The normalized spacial score (nSPS) is 14.6. The third-order valence-corrected chi connectivity index (χ3v) is 8.14. The van der Waals surface area contributed by atoms with E-state index in [1.54, 1.807) is 36.4 Å². The van der Waals surface area contributed by atoms with Crippen molar-refractivity contribution >= 4 is 28.2 Å². The molecule has 6 rings (SSSR count). The van der Waals surface area contributed by atoms with Gasteiger partial charge in [-0.1, -0.05) is 37.1 Å². The predicted molar refractivity (Wildman–Crippen MR) is 161 cm³/mol. The van der Waals surface area contributed by atoms with Gasteiger partial charge in [-0.3, -0.25) is 4.79 Å². The van der Waals surface area contributed by atoms with Crippen molar-refractivity contribution in [3.05, 3.63) is 113 Å². The van der Waals surface area contributed by atoms with Crippen LogP contribution in [0.4, 0.5) is 29.1 Å². The quantitative estimate of drug-likeness (QED) is 0.167. The van der Waals surface area contributed by atoms with Crippen molar-refractivity contribution in [2.75, 3.05) is 11.1 Å². The molecule has 0 spiro atoms. The molecular formula is C33H27F4N7O. The lowest BCUT2D eigenvalue weighted by molar-refractivity contribution is -0.141. The van der Waals surface area contributed by atoms with Crippen LogP contribution in [-0.2, 0) is 11.7 Å². The maximum atomic E-state index is 15.2. The highest BCUT2D eigenvalue weighted by molar-refractivity contribution is 6.04. The molecule has 5 N–H and O–H groups in total. The third kappa shape index (κ3) is 5.94. The highest BCUT2D eigenvalue weighted by Gasteiger charge is 2.37. The molecule has 0 radical (unpaired) electrons. The number of nitrogens with two attached hydrogens (primary N) is 2. The van der Waals surface area contributed by atoms with Gasteiger partial charge in [0.2, 0.25) is 0 Å². The van der Waals surface area contributed by atoms with E-state index in [9.17, 15) is 23.2 Å². The number of aromatic nitrogens is 3. The Morgan fingerprint density at radius 3 is 2.56 bits per heavy atom. The number of nitrogen functional groups attached to an aromatic ring is 1. The first-order valence-electron chi connectivity index (χ1n) is 14.2. The maximum absolute atomic E-state index is 15.2. The molecule has 1 fully saturated rings. The number of carbonyl (C=O) groups is 1. The minimum Gasteiger partial charge on any atom is -0.383 e. The maximum Gasteiger partial charge on any atom is 0.435 e. The zero-order valence-corrected chi connectivity index (χ0v) is 23.8. The van der Waals surface area contributed by atoms with E-state index in [0.29, 0.717) is 45.9 Å². The fraction of sp³-hybridized carbons (Fsp3) is 0.212. The first-order valence-corrected chi connectivity index (χ1v) is 14.2. The van der Waals surface area contributed by atoms with E-state index in [-0.39, 0.29) is 17.2 Å². The summed E-state index contributed by atoms with van der Waals surface area (Å²) < 4.78 is 57.3. The van der Waals surface area contributed by atoms with Gasteiger partial charge in [0.1, 0.15) is 17.3 Å². The van der Waals surface area contributed by atoms with Gasteiger partial charge in [0.05, 0.1) is 28.5 Å². The van der Waals surface area contributed by atoms with Crippen molar-refractivity contribution in [1.82, 2.24) is 14.8 Å². The number of carbonyl (C=O) groups excluding carboxylic acids is 1. The Labute approximate surface area is 255 Å². The van der Waals surface area contributed by atoms with Gasteiger partial charge in [0.25, 0.3) is 5.91 Å². The highest BCUT2D eigenvalue weighted by atomic mass is 19.4. The van der Waals surface area contributed by atoms with Crippen LogP contribution in [0, 0.1) is 23.1 Å². The van der Waals surface area contributed by atoms with Gasteiger partial charge >= 0.3 is 6.18 Å². The topological polar surface area (TPSA) is 136 Å². The van der Waals surface area contributed by atoms with Crippen molar-refractivity contribution < 1.29 is 22.4 Å². The van der Waals surface area contributed by atoms with E-state index in [4.69, 9.17) is 11.5 Å². The van der Waals surface area contributed by atoms with Crippen LogP contribution in [0.25, 0.3) is 16.5 Å². The van der Waals surface area contributed by atoms with Gasteiger partial charge < -0.3 is 16.8 Å². The second kappa shape index (κ2) is 11.3. The number of nitriles is 1. The Balaban J connectivity index is 1.39. The number of benzene rings is 3. The summed E-state index contributed by atoms with van der Waals surface area (Å²) in [7, 11) is 0. The molecule has 1 saturated carbocycles. The average Bonchev–Trinajstić information content (AvgIpc) is 3.75. The second-order valence-electron chi connectivity index (χ2n) is 11.2. The van der Waals surface area contributed by atoms with Crippen molar-refractivity contribution in [3.8, 4) is 11.8 Å². The number of anilines is 2. The fourth-order valence-electron chi connectivity index (χ4n) is 5.43. The number of nitrogens with zero attached hydrogens (tertiary/aromatic N) is 4. The number of halogens is 4. The Morgan fingerprint density at radius 1 is 1.04 bits per heavy atom. The van der Waals surface area contributed by atoms with Gasteiger partial charge in [-0.05, 0) is 77.7 Å². The number of hydrogen-bond donors (Lipinski definition) is 3. The number of alkyl halides is 3. The summed E-state index contributed by atoms with van der Waals surface area (Å²) in [6, 6.07) is 19.8. The van der Waals surface area contributed by atoms with Gasteiger partial charge in [-0.25, -0.2) is 14.1 Å². The number of hydrogen-bond acceptors (Lipinski definition) is 6. The number of amides is 1. The van der Waals surface area contributed by atoms with Crippen molar-refractivity contribution in [3.63, 3.8) is 0 Å². The van der Waals surface area contributed by atoms with Crippen LogP contribution in [-0.4, -0.2) is 20.7 Å². The summed E-state index contributed by atoms with van der Waals surface area (Å²) in [6.45, 7) is 0. The SMILES string of the molecule is N#Cc1cccc(C(N)(CCC2CC2)c2ccc(F)c(NC(=O)c3cc(C(F)(F)F)nn3-c3ccc4ccnc(N)c4c3)c2)c1. The summed E-state index contributed by atoms with van der Waals surface area (Å²) in [5.41, 5.74) is 11.4. The minimum atomic E-state index is -4.86. The lowest BCUT2D eigenvalue weighted by Crippen LogP contribution is -2.38. The number of nitrogens with one attached hydrogen (secondary N) is 1. The molecule has 0 bridgehead atoms. The predicted octanol–water partition coefficient (Wildman–Crippen LogP) is 6.68. The van der Waals surface area contributed by atoms with E-state index in [2.05, 4.69) is 21.5 Å². The van der Waals surface area contributed by atoms with Crippen LogP contribution in [0.2, 0.25) is 0 Å². The zero-order valence-electron chi connectivity index (χ0n) is 23.8. The zero-order chi connectivity index (χ0) is 31.9. The molecule has 0 aliphatic heterocycles. The van der Waals surface area contributed by atoms with Crippen LogP contribution in [0.1, 0.15) is 58.6 Å². The number of fused-ring (bicyclic) bond motifs is 1. The molecule has 228 valence electrons. The van der Waals surface area contributed by atoms with Crippen LogP contribution in [0.15, 0.2) is 79.0 Å². The Kier molecular flexibility index (Phi) is 7.50. The molecule has 8 nitrogen and oxygen atoms in total. The van der Waals surface area contributed by atoms with Crippen LogP contribution in [0.5, 0.6) is 0 Å². The van der Waals surface area contributed by atoms with Crippen molar-refractivity contribution in [2.45, 2.75) is 37.4 Å². The summed E-state index contributed by atoms with van der Waals surface area (Å²) in [5.74, 6) is -1.17. The van der Waals surface area contributed by atoms with E-state index in [0.717, 1.165) is 30.0 Å². The summed E-state index contributed by atoms with van der Waals surface area (Å²) in [5, 5.41) is 16.7. The fourth-order valence-corrected chi connectivity index (χ4v) is 5.43. The molecule has 12 heteroatoms. The molecule has 2 aromatic heterocycles. The number of pyridine rings is 1. The minimum absolute atomic E-state index is 0.121. The van der Waals surface area contributed by atoms with Gasteiger partial charge in [-0.2, -0.15) is 23.5 Å². The molecule has 0 saturated heterocycles. The molecule has 3 aromatic carbocycles. The molecule has 1 aliphatic carbocycles. The molecule has 1 atom stereocenters. The van der Waals surface area contributed by atoms with E-state index < -0.39 is 34.8 Å². The molecule has 45 heavy (non-hydrogen) atoms. The number of rotatable bonds is 8. The lowest BCUT2D eigenvalue weighted by Gasteiger charge is -2.32. The van der Waals surface area contributed by atoms with Crippen molar-refractivity contribution in [1.29, 1.82) is 5.26 Å². The molecule has 1 unspecified atom stereocenters. The molecule has 1 aliphatic rings. The van der Waals surface area contributed by atoms with E-state index in [1.165, 1.54) is 30.5 Å². The molecular weight excluding hydrogens is 586 g/mol. The Bertz CT molecular complexity index is 1980.